The summed E-state index contributed by atoms with van der Waals surface area (Å²) < 4.78 is 0. The molecule has 40 heavy (non-hydrogen) atoms. The van der Waals surface area contributed by atoms with E-state index in [1.807, 2.05) is 37.3 Å². The van der Waals surface area contributed by atoms with E-state index in [0.717, 1.165) is 49.5 Å². The average molecular weight is 547 g/mol. The molecule has 1 aliphatic carbocycles. The fourth-order valence-corrected chi connectivity index (χ4v) is 7.50. The summed E-state index contributed by atoms with van der Waals surface area (Å²) in [6.45, 7) is 4.85. The van der Waals surface area contributed by atoms with E-state index in [4.69, 9.17) is 4.98 Å². The van der Waals surface area contributed by atoms with Crippen LogP contribution in [0.3, 0.4) is 0 Å². The highest BCUT2D eigenvalue weighted by Gasteiger charge is 2.50. The third-order valence-electron chi connectivity index (χ3n) is 9.41. The van der Waals surface area contributed by atoms with Gasteiger partial charge in [-0.25, -0.2) is 9.97 Å². The number of nitrogens with one attached hydrogen (secondary N) is 1. The topological polar surface area (TPSA) is 97.8 Å². The van der Waals surface area contributed by atoms with Gasteiger partial charge in [0, 0.05) is 64.4 Å². The van der Waals surface area contributed by atoms with Crippen molar-refractivity contribution < 1.29 is 9.59 Å². The number of carbonyl (C=O) groups is 2. The molecule has 4 aliphatic rings. The zero-order valence-corrected chi connectivity index (χ0v) is 24.3. The van der Waals surface area contributed by atoms with Crippen molar-refractivity contribution in [3.8, 4) is 0 Å². The Bertz CT molecular complexity index is 1260. The first-order valence-electron chi connectivity index (χ1n) is 14.8. The first-order chi connectivity index (χ1) is 19.2. The molecule has 2 amide bonds. The number of fused-ring (bicyclic) bond motifs is 2. The van der Waals surface area contributed by atoms with Crippen molar-refractivity contribution in [3.05, 3.63) is 30.1 Å². The van der Waals surface area contributed by atoms with Gasteiger partial charge in [-0.2, -0.15) is 4.98 Å². The predicted molar refractivity (Wildman–Crippen MR) is 156 cm³/mol. The lowest BCUT2D eigenvalue weighted by molar-refractivity contribution is -0.134. The van der Waals surface area contributed by atoms with Gasteiger partial charge in [0.25, 0.3) is 0 Å². The molecule has 0 radical (unpaired) electrons. The van der Waals surface area contributed by atoms with Crippen molar-refractivity contribution in [3.63, 3.8) is 0 Å². The van der Waals surface area contributed by atoms with Crippen LogP contribution in [0.4, 0.5) is 23.3 Å². The van der Waals surface area contributed by atoms with E-state index in [2.05, 4.69) is 39.1 Å². The monoisotopic (exact) mass is 546 g/mol. The third kappa shape index (κ3) is 4.91. The Hall–Kier alpha value is -3.27. The average Bonchev–Trinajstić information content (AvgIpc) is 3.29. The van der Waals surface area contributed by atoms with Gasteiger partial charge in [-0.05, 0) is 50.8 Å². The highest BCUT2D eigenvalue weighted by molar-refractivity contribution is 5.94. The lowest BCUT2D eigenvalue weighted by atomic mass is 9.88. The molecular formula is C30H42N8O2. The smallest absolute Gasteiger partial charge is 0.248 e. The maximum atomic E-state index is 13.5. The van der Waals surface area contributed by atoms with Crippen LogP contribution in [-0.4, -0.2) is 88.9 Å². The van der Waals surface area contributed by atoms with Gasteiger partial charge in [-0.3, -0.25) is 9.59 Å². The molecule has 1 N–H and O–H groups in total. The van der Waals surface area contributed by atoms with E-state index in [-0.39, 0.29) is 17.9 Å². The van der Waals surface area contributed by atoms with Crippen LogP contribution < -0.4 is 15.1 Å². The maximum absolute atomic E-state index is 13.5. The number of piperidine rings is 1. The standard InChI is InChI=1S/C30H42N8O2/c1-30(28(40)35(2)3)14-21-15-32-29(34-27(21)38(30)23-9-7-5-6-8-10-23)33-25-12-11-24(16-31-25)37-19-22-18-36(4)17-20(22)13-26(37)39/h11-12,15-16,20,22-23H,5-10,13-14,17-19H2,1-4H3,(H,31,32,33,34). The van der Waals surface area contributed by atoms with E-state index in [1.54, 1.807) is 11.1 Å². The second-order valence-corrected chi connectivity index (χ2v) is 12.7. The number of anilines is 4. The van der Waals surface area contributed by atoms with Gasteiger partial charge in [0.15, 0.2) is 0 Å². The minimum Gasteiger partial charge on any atom is -0.347 e. The van der Waals surface area contributed by atoms with E-state index < -0.39 is 5.54 Å². The number of likely N-dealkylation sites (N-methyl/N-ethyl adjacent to an activating group) is 1. The Kier molecular flexibility index (Phi) is 7.14. The zero-order chi connectivity index (χ0) is 28.0. The van der Waals surface area contributed by atoms with Crippen LogP contribution in [-0.2, 0) is 16.0 Å². The SMILES string of the molecule is CN1CC2CC(=O)N(c3ccc(Nc4ncc5c(n4)N(C4CCCCCC4)C(C)(C(=O)N(C)C)C5)nc3)CC2C1. The molecule has 1 saturated carbocycles. The molecule has 2 saturated heterocycles. The van der Waals surface area contributed by atoms with Crippen LogP contribution in [0, 0.1) is 11.8 Å². The van der Waals surface area contributed by atoms with Crippen molar-refractivity contribution in [2.24, 2.45) is 11.8 Å². The number of hydrogen-bond acceptors (Lipinski definition) is 8. The first kappa shape index (κ1) is 26.9. The summed E-state index contributed by atoms with van der Waals surface area (Å²) in [7, 11) is 5.79. The number of rotatable bonds is 5. The van der Waals surface area contributed by atoms with Gasteiger partial charge >= 0.3 is 0 Å². The molecule has 0 spiro atoms. The molecule has 3 aliphatic heterocycles. The van der Waals surface area contributed by atoms with Gasteiger partial charge in [-0.15, -0.1) is 0 Å². The Morgan fingerprint density at radius 2 is 1.77 bits per heavy atom. The number of hydrogen-bond donors (Lipinski definition) is 1. The number of amides is 2. The Morgan fingerprint density at radius 1 is 1.02 bits per heavy atom. The number of aromatic nitrogens is 3. The molecule has 2 aromatic rings. The second kappa shape index (κ2) is 10.6. The van der Waals surface area contributed by atoms with Gasteiger partial charge in [-0.1, -0.05) is 25.7 Å². The van der Waals surface area contributed by atoms with Crippen molar-refractivity contribution in [1.29, 1.82) is 0 Å². The van der Waals surface area contributed by atoms with Crippen LogP contribution in [0.1, 0.15) is 57.4 Å². The number of carbonyl (C=O) groups excluding carboxylic acids is 2. The normalized spacial score (nSPS) is 27.4. The number of nitrogens with zero attached hydrogens (tertiary/aromatic N) is 7. The van der Waals surface area contributed by atoms with Crippen LogP contribution in [0.2, 0.25) is 0 Å². The maximum Gasteiger partial charge on any atom is 0.248 e. The summed E-state index contributed by atoms with van der Waals surface area (Å²) in [4.78, 5) is 48.7. The Balaban J connectivity index is 1.22. The second-order valence-electron chi connectivity index (χ2n) is 12.7. The van der Waals surface area contributed by atoms with Crippen LogP contribution in [0.5, 0.6) is 0 Å². The molecular weight excluding hydrogens is 504 g/mol. The van der Waals surface area contributed by atoms with Gasteiger partial charge in [0.2, 0.25) is 17.8 Å². The highest BCUT2D eigenvalue weighted by atomic mass is 16.2. The fourth-order valence-electron chi connectivity index (χ4n) is 7.50. The number of pyridine rings is 1. The molecule has 3 unspecified atom stereocenters. The highest BCUT2D eigenvalue weighted by Crippen LogP contribution is 2.43. The quantitative estimate of drug-likeness (QED) is 0.570. The van der Waals surface area contributed by atoms with Crippen molar-refractivity contribution in [2.75, 3.05) is 55.9 Å². The van der Waals surface area contributed by atoms with E-state index in [1.165, 1.54) is 25.7 Å². The summed E-state index contributed by atoms with van der Waals surface area (Å²) >= 11 is 0. The summed E-state index contributed by atoms with van der Waals surface area (Å²) in [5.41, 5.74) is 1.16. The minimum absolute atomic E-state index is 0.101. The van der Waals surface area contributed by atoms with Crippen molar-refractivity contribution >= 4 is 35.1 Å². The molecule has 3 fully saturated rings. The lowest BCUT2D eigenvalue weighted by Crippen LogP contribution is -2.58. The summed E-state index contributed by atoms with van der Waals surface area (Å²) in [6, 6.07) is 4.11. The van der Waals surface area contributed by atoms with Gasteiger partial charge in [0.1, 0.15) is 17.2 Å². The molecule has 10 nitrogen and oxygen atoms in total. The molecule has 6 rings (SSSR count). The summed E-state index contributed by atoms with van der Waals surface area (Å²) in [6.07, 6.45) is 11.8. The van der Waals surface area contributed by atoms with Crippen molar-refractivity contribution in [2.45, 2.75) is 69.9 Å². The molecule has 10 heteroatoms. The zero-order valence-electron chi connectivity index (χ0n) is 24.3. The van der Waals surface area contributed by atoms with E-state index in [0.29, 0.717) is 36.4 Å². The first-order valence-corrected chi connectivity index (χ1v) is 14.8. The Labute approximate surface area is 237 Å². The molecule has 0 bridgehead atoms. The molecule has 2 aromatic heterocycles. The molecule has 5 heterocycles. The summed E-state index contributed by atoms with van der Waals surface area (Å²) in [5, 5.41) is 3.27. The lowest BCUT2D eigenvalue weighted by Gasteiger charge is -2.42. The largest absolute Gasteiger partial charge is 0.347 e. The van der Waals surface area contributed by atoms with Gasteiger partial charge in [0.05, 0.1) is 11.9 Å². The van der Waals surface area contributed by atoms with Crippen LogP contribution >= 0.6 is 0 Å². The predicted octanol–water partition coefficient (Wildman–Crippen LogP) is 3.46. The molecule has 214 valence electrons. The fraction of sp³-hybridized carbons (Fsp3) is 0.633. The van der Waals surface area contributed by atoms with Crippen molar-refractivity contribution in [1.82, 2.24) is 24.8 Å². The molecule has 3 atom stereocenters. The minimum atomic E-state index is -0.678. The van der Waals surface area contributed by atoms with Gasteiger partial charge < -0.3 is 24.9 Å². The van der Waals surface area contributed by atoms with E-state index >= 15 is 0 Å². The van der Waals surface area contributed by atoms with Crippen LogP contribution in [0.15, 0.2) is 24.5 Å². The third-order valence-corrected chi connectivity index (χ3v) is 9.41. The van der Waals surface area contributed by atoms with E-state index in [9.17, 15) is 9.59 Å². The van der Waals surface area contributed by atoms with Crippen LogP contribution in [0.25, 0.3) is 0 Å². The Morgan fingerprint density at radius 3 is 2.48 bits per heavy atom. The summed E-state index contributed by atoms with van der Waals surface area (Å²) in [5.74, 6) is 3.20. The molecule has 0 aromatic carbocycles. The number of likely N-dealkylation sites (tertiary alicyclic amines) is 1.